The molecule has 0 aliphatic carbocycles. The molecule has 2 aromatic rings. The first-order chi connectivity index (χ1) is 10.1. The Labute approximate surface area is 136 Å². The van der Waals surface area contributed by atoms with Gasteiger partial charge in [-0.2, -0.15) is 0 Å². The summed E-state index contributed by atoms with van der Waals surface area (Å²) in [6.07, 6.45) is 0. The molecular weight excluding hydrogens is 300 g/mol. The van der Waals surface area contributed by atoms with E-state index in [0.717, 1.165) is 18.1 Å². The summed E-state index contributed by atoms with van der Waals surface area (Å²) in [4.78, 5) is 3.76. The van der Waals surface area contributed by atoms with Crippen molar-refractivity contribution in [3.63, 3.8) is 0 Å². The second-order valence-electron chi connectivity index (χ2n) is 5.46. The Balaban J connectivity index is 1.84. The molecule has 0 bridgehead atoms. The Kier molecular flexibility index (Phi) is 6.24. The maximum absolute atomic E-state index is 6.08. The van der Waals surface area contributed by atoms with Crippen molar-refractivity contribution < 1.29 is 0 Å². The number of benzene rings is 1. The molecule has 2 rings (SSSR count). The summed E-state index contributed by atoms with van der Waals surface area (Å²) in [6, 6.07) is 13.2. The van der Waals surface area contributed by atoms with Crippen LogP contribution in [0.1, 0.15) is 30.3 Å². The maximum Gasteiger partial charge on any atom is 0.0409 e. The van der Waals surface area contributed by atoms with E-state index in [1.807, 2.05) is 12.1 Å². The minimum Gasteiger partial charge on any atom is -0.310 e. The largest absolute Gasteiger partial charge is 0.310 e. The quantitative estimate of drug-likeness (QED) is 0.803. The SMILES string of the molecule is CC(CNCc1cccs1)N(C)C(C)c1cccc(Cl)c1. The van der Waals surface area contributed by atoms with Gasteiger partial charge in [0.25, 0.3) is 0 Å². The van der Waals surface area contributed by atoms with Gasteiger partial charge in [0, 0.05) is 35.1 Å². The molecule has 0 amide bonds. The monoisotopic (exact) mass is 322 g/mol. The molecule has 2 atom stereocenters. The Morgan fingerprint density at radius 3 is 2.71 bits per heavy atom. The van der Waals surface area contributed by atoms with Crippen LogP contribution in [0.25, 0.3) is 0 Å². The van der Waals surface area contributed by atoms with Gasteiger partial charge in [0.15, 0.2) is 0 Å². The highest BCUT2D eigenvalue weighted by Gasteiger charge is 2.17. The average Bonchev–Trinajstić information content (AvgIpc) is 2.99. The first-order valence-corrected chi connectivity index (χ1v) is 8.54. The van der Waals surface area contributed by atoms with Crippen LogP contribution in [-0.2, 0) is 6.54 Å². The molecule has 1 aromatic heterocycles. The average molecular weight is 323 g/mol. The highest BCUT2D eigenvalue weighted by molar-refractivity contribution is 7.09. The molecule has 114 valence electrons. The Bertz CT molecular complexity index is 541. The number of rotatable bonds is 7. The van der Waals surface area contributed by atoms with Crippen molar-refractivity contribution in [3.8, 4) is 0 Å². The van der Waals surface area contributed by atoms with Crippen LogP contribution >= 0.6 is 22.9 Å². The van der Waals surface area contributed by atoms with E-state index in [1.54, 1.807) is 11.3 Å². The van der Waals surface area contributed by atoms with E-state index in [0.29, 0.717) is 12.1 Å². The third-order valence-corrected chi connectivity index (χ3v) is 5.07. The van der Waals surface area contributed by atoms with Gasteiger partial charge < -0.3 is 5.32 Å². The zero-order valence-corrected chi connectivity index (χ0v) is 14.4. The van der Waals surface area contributed by atoms with Crippen molar-refractivity contribution >= 4 is 22.9 Å². The van der Waals surface area contributed by atoms with E-state index in [-0.39, 0.29) is 0 Å². The van der Waals surface area contributed by atoms with E-state index in [4.69, 9.17) is 11.6 Å². The van der Waals surface area contributed by atoms with Crippen molar-refractivity contribution in [3.05, 3.63) is 57.2 Å². The molecule has 0 aliphatic rings. The molecule has 0 radical (unpaired) electrons. The van der Waals surface area contributed by atoms with Gasteiger partial charge in [-0.05, 0) is 50.0 Å². The van der Waals surface area contributed by atoms with Crippen LogP contribution in [0.3, 0.4) is 0 Å². The normalized spacial score (nSPS) is 14.3. The molecule has 4 heteroatoms. The predicted molar refractivity (Wildman–Crippen MR) is 93.1 cm³/mol. The second kappa shape index (κ2) is 7.95. The van der Waals surface area contributed by atoms with Crippen molar-refractivity contribution in [1.82, 2.24) is 10.2 Å². The minimum atomic E-state index is 0.349. The summed E-state index contributed by atoms with van der Waals surface area (Å²) < 4.78 is 0. The molecule has 0 fully saturated rings. The molecule has 1 heterocycles. The lowest BCUT2D eigenvalue weighted by atomic mass is 10.1. The number of thiophene rings is 1. The fourth-order valence-electron chi connectivity index (χ4n) is 2.34. The Morgan fingerprint density at radius 2 is 2.05 bits per heavy atom. The fourth-order valence-corrected chi connectivity index (χ4v) is 3.22. The predicted octanol–water partition coefficient (Wildman–Crippen LogP) is 4.57. The van der Waals surface area contributed by atoms with E-state index < -0.39 is 0 Å². The van der Waals surface area contributed by atoms with E-state index >= 15 is 0 Å². The summed E-state index contributed by atoms with van der Waals surface area (Å²) >= 11 is 7.88. The highest BCUT2D eigenvalue weighted by atomic mass is 35.5. The van der Waals surface area contributed by atoms with Crippen molar-refractivity contribution in [2.75, 3.05) is 13.6 Å². The standard InChI is InChI=1S/C17H23ClN2S/c1-13(11-19-12-17-8-5-9-21-17)20(3)14(2)15-6-4-7-16(18)10-15/h4-10,13-14,19H,11-12H2,1-3H3. The second-order valence-corrected chi connectivity index (χ2v) is 6.92. The van der Waals surface area contributed by atoms with Gasteiger partial charge in [-0.15, -0.1) is 11.3 Å². The Hall–Kier alpha value is -0.870. The van der Waals surface area contributed by atoms with Gasteiger partial charge in [-0.3, -0.25) is 4.90 Å². The first-order valence-electron chi connectivity index (χ1n) is 7.28. The lowest BCUT2D eigenvalue weighted by Gasteiger charge is -2.31. The zero-order valence-electron chi connectivity index (χ0n) is 12.8. The number of nitrogens with zero attached hydrogens (tertiary/aromatic N) is 1. The minimum absolute atomic E-state index is 0.349. The molecule has 0 spiro atoms. The third kappa shape index (κ3) is 4.82. The van der Waals surface area contributed by atoms with Crippen LogP contribution < -0.4 is 5.32 Å². The number of hydrogen-bond donors (Lipinski definition) is 1. The maximum atomic E-state index is 6.08. The summed E-state index contributed by atoms with van der Waals surface area (Å²) in [5.41, 5.74) is 1.26. The first kappa shape index (κ1) is 16.5. The molecule has 2 nitrogen and oxygen atoms in total. The summed E-state index contributed by atoms with van der Waals surface area (Å²) in [6.45, 7) is 6.39. The molecule has 1 aromatic carbocycles. The van der Waals surface area contributed by atoms with E-state index in [1.165, 1.54) is 10.4 Å². The summed E-state index contributed by atoms with van der Waals surface area (Å²) in [5, 5.41) is 6.45. The molecule has 1 N–H and O–H groups in total. The van der Waals surface area contributed by atoms with Gasteiger partial charge >= 0.3 is 0 Å². The number of likely N-dealkylation sites (N-methyl/N-ethyl adjacent to an activating group) is 1. The summed E-state index contributed by atoms with van der Waals surface area (Å²) in [5.74, 6) is 0. The number of hydrogen-bond acceptors (Lipinski definition) is 3. The van der Waals surface area contributed by atoms with E-state index in [9.17, 15) is 0 Å². The fraction of sp³-hybridized carbons (Fsp3) is 0.412. The van der Waals surface area contributed by atoms with Crippen LogP contribution in [0.4, 0.5) is 0 Å². The Morgan fingerprint density at radius 1 is 1.24 bits per heavy atom. The topological polar surface area (TPSA) is 15.3 Å². The lowest BCUT2D eigenvalue weighted by Crippen LogP contribution is -2.39. The molecule has 2 unspecified atom stereocenters. The van der Waals surface area contributed by atoms with Crippen LogP contribution in [-0.4, -0.2) is 24.5 Å². The molecule has 21 heavy (non-hydrogen) atoms. The summed E-state index contributed by atoms with van der Waals surface area (Å²) in [7, 11) is 2.17. The molecular formula is C17H23ClN2S. The third-order valence-electron chi connectivity index (χ3n) is 3.96. The van der Waals surface area contributed by atoms with Gasteiger partial charge in [-0.25, -0.2) is 0 Å². The van der Waals surface area contributed by atoms with E-state index in [2.05, 4.69) is 60.8 Å². The highest BCUT2D eigenvalue weighted by Crippen LogP contribution is 2.23. The lowest BCUT2D eigenvalue weighted by molar-refractivity contribution is 0.193. The van der Waals surface area contributed by atoms with Gasteiger partial charge in [0.1, 0.15) is 0 Å². The van der Waals surface area contributed by atoms with Crippen LogP contribution in [0.5, 0.6) is 0 Å². The smallest absolute Gasteiger partial charge is 0.0409 e. The zero-order chi connectivity index (χ0) is 15.2. The van der Waals surface area contributed by atoms with Gasteiger partial charge in [-0.1, -0.05) is 29.8 Å². The number of nitrogens with one attached hydrogen (secondary N) is 1. The molecule has 0 saturated heterocycles. The van der Waals surface area contributed by atoms with Crippen LogP contribution in [0.2, 0.25) is 5.02 Å². The number of halogens is 1. The molecule has 0 aliphatic heterocycles. The van der Waals surface area contributed by atoms with Crippen molar-refractivity contribution in [2.24, 2.45) is 0 Å². The van der Waals surface area contributed by atoms with Crippen LogP contribution in [0, 0.1) is 0 Å². The van der Waals surface area contributed by atoms with Crippen molar-refractivity contribution in [1.29, 1.82) is 0 Å². The van der Waals surface area contributed by atoms with Crippen LogP contribution in [0.15, 0.2) is 41.8 Å². The van der Waals surface area contributed by atoms with Gasteiger partial charge in [0.05, 0.1) is 0 Å². The molecule has 0 saturated carbocycles. The van der Waals surface area contributed by atoms with Gasteiger partial charge in [0.2, 0.25) is 0 Å². The van der Waals surface area contributed by atoms with Crippen molar-refractivity contribution in [2.45, 2.75) is 32.5 Å².